The molecule has 0 aromatic heterocycles. The zero-order valence-corrected chi connectivity index (χ0v) is 32.4. The fraction of sp³-hybridized carbons (Fsp3) is 0.756. The predicted octanol–water partition coefficient (Wildman–Crippen LogP) is 13.8. The lowest BCUT2D eigenvalue weighted by Gasteiger charge is -2.32. The molecule has 1 aliphatic rings. The van der Waals surface area contributed by atoms with E-state index in [1.54, 1.807) is 0 Å². The van der Waals surface area contributed by atoms with Gasteiger partial charge in [0.15, 0.2) is 0 Å². The molecule has 0 radical (unpaired) electrons. The largest absolute Gasteiger partial charge is 0.462 e. The second kappa shape index (κ2) is 33.6. The highest BCUT2D eigenvalue weighted by molar-refractivity contribution is 5.72. The van der Waals surface area contributed by atoms with E-state index in [1.807, 2.05) is 0 Å². The van der Waals surface area contributed by atoms with Crippen molar-refractivity contribution in [3.8, 4) is 0 Å². The maximum Gasteiger partial charge on any atom is 0.309 e. The summed E-state index contributed by atoms with van der Waals surface area (Å²) in [7, 11) is 4.33. The standard InChI is InChI=1S/C45H79NO2/c1-5-7-9-11-13-15-17-19-21-23-25-27-29-31-33-35-37-44(48-45(47)42-38-40-43(41-39-42)46(3)4)36-34-32-30-28-26-24-22-20-18-16-14-12-10-8-6-2/h7,9,13-16,19-22,42-44H,5-6,8,10-12,17-18,23-41H2,1-4H3/b9-7-,15-13-,16-14-,21-19-,22-20+. The average Bonchev–Trinajstić information content (AvgIpc) is 3.09. The number of rotatable bonds is 31. The minimum absolute atomic E-state index is 0.0941. The van der Waals surface area contributed by atoms with Crippen molar-refractivity contribution in [3.63, 3.8) is 0 Å². The third-order valence-corrected chi connectivity index (χ3v) is 9.95. The fourth-order valence-corrected chi connectivity index (χ4v) is 6.70. The summed E-state index contributed by atoms with van der Waals surface area (Å²) in [5, 5.41) is 0. The Bertz CT molecular complexity index is 858. The number of ether oxygens (including phenoxy) is 1. The lowest BCUT2D eigenvalue weighted by atomic mass is 9.85. The van der Waals surface area contributed by atoms with Gasteiger partial charge in [0.05, 0.1) is 5.92 Å². The molecule has 0 aromatic carbocycles. The van der Waals surface area contributed by atoms with Crippen LogP contribution in [0.3, 0.4) is 0 Å². The summed E-state index contributed by atoms with van der Waals surface area (Å²) >= 11 is 0. The molecule has 0 heterocycles. The van der Waals surface area contributed by atoms with Gasteiger partial charge in [0.25, 0.3) is 0 Å². The van der Waals surface area contributed by atoms with Gasteiger partial charge in [0.1, 0.15) is 6.10 Å². The molecule has 0 N–H and O–H groups in total. The van der Waals surface area contributed by atoms with Gasteiger partial charge >= 0.3 is 5.97 Å². The van der Waals surface area contributed by atoms with Crippen molar-refractivity contribution < 1.29 is 9.53 Å². The second-order valence-electron chi connectivity index (χ2n) is 14.5. The van der Waals surface area contributed by atoms with E-state index in [1.165, 1.54) is 109 Å². The van der Waals surface area contributed by atoms with Crippen LogP contribution < -0.4 is 0 Å². The van der Waals surface area contributed by atoms with Crippen molar-refractivity contribution in [1.29, 1.82) is 0 Å². The maximum atomic E-state index is 13.2. The molecule has 0 saturated heterocycles. The molecule has 0 aliphatic heterocycles. The summed E-state index contributed by atoms with van der Waals surface area (Å²) in [4.78, 5) is 15.5. The zero-order valence-electron chi connectivity index (χ0n) is 32.4. The summed E-state index contributed by atoms with van der Waals surface area (Å²) in [6.07, 6.45) is 55.4. The normalized spacial score (nSPS) is 18.1. The van der Waals surface area contributed by atoms with Gasteiger partial charge in [0.2, 0.25) is 0 Å². The summed E-state index contributed by atoms with van der Waals surface area (Å²) in [6, 6.07) is 0.619. The van der Waals surface area contributed by atoms with Crippen LogP contribution in [0, 0.1) is 5.92 Å². The molecule has 1 aliphatic carbocycles. The van der Waals surface area contributed by atoms with Crippen LogP contribution in [0.5, 0.6) is 0 Å². The Hall–Kier alpha value is -1.87. The minimum Gasteiger partial charge on any atom is -0.462 e. The highest BCUT2D eigenvalue weighted by Crippen LogP contribution is 2.29. The second-order valence-corrected chi connectivity index (χ2v) is 14.5. The Morgan fingerprint density at radius 3 is 1.44 bits per heavy atom. The van der Waals surface area contributed by atoms with E-state index >= 15 is 0 Å². The quantitative estimate of drug-likeness (QED) is 0.0419. The molecule has 1 atom stereocenters. The van der Waals surface area contributed by atoms with Crippen LogP contribution in [0.4, 0.5) is 0 Å². The summed E-state index contributed by atoms with van der Waals surface area (Å²) in [6.45, 7) is 4.44. The highest BCUT2D eigenvalue weighted by atomic mass is 16.5. The van der Waals surface area contributed by atoms with E-state index in [0.717, 1.165) is 64.2 Å². The van der Waals surface area contributed by atoms with E-state index in [9.17, 15) is 4.79 Å². The Morgan fingerprint density at radius 2 is 0.979 bits per heavy atom. The van der Waals surface area contributed by atoms with Gasteiger partial charge in [-0.25, -0.2) is 0 Å². The predicted molar refractivity (Wildman–Crippen MR) is 213 cm³/mol. The number of allylic oxidation sites excluding steroid dienone is 10. The monoisotopic (exact) mass is 666 g/mol. The molecule has 1 rings (SSSR count). The first-order chi connectivity index (χ1) is 23.6. The maximum absolute atomic E-state index is 13.2. The molecule has 0 spiro atoms. The molecule has 48 heavy (non-hydrogen) atoms. The number of unbranched alkanes of at least 4 members (excludes halogenated alkanes) is 14. The Labute approximate surface area is 299 Å². The van der Waals surface area contributed by atoms with Crippen molar-refractivity contribution in [1.82, 2.24) is 4.90 Å². The lowest BCUT2D eigenvalue weighted by Crippen LogP contribution is -2.35. The van der Waals surface area contributed by atoms with Crippen LogP contribution >= 0.6 is 0 Å². The molecule has 1 saturated carbocycles. The van der Waals surface area contributed by atoms with Crippen molar-refractivity contribution in [3.05, 3.63) is 60.8 Å². The van der Waals surface area contributed by atoms with E-state index in [2.05, 4.69) is 93.6 Å². The first kappa shape index (κ1) is 44.2. The topological polar surface area (TPSA) is 29.5 Å². The molecular formula is C45H79NO2. The van der Waals surface area contributed by atoms with Gasteiger partial charge < -0.3 is 9.64 Å². The number of carbonyl (C=O) groups excluding carboxylic acids is 1. The summed E-state index contributed by atoms with van der Waals surface area (Å²) in [5.41, 5.74) is 0. The van der Waals surface area contributed by atoms with Gasteiger partial charge in [-0.2, -0.15) is 0 Å². The Kier molecular flexibility index (Phi) is 30.9. The van der Waals surface area contributed by atoms with Gasteiger partial charge in [-0.3, -0.25) is 4.79 Å². The molecule has 0 bridgehead atoms. The molecule has 3 heteroatoms. The van der Waals surface area contributed by atoms with Crippen molar-refractivity contribution in [2.24, 2.45) is 5.92 Å². The summed E-state index contributed by atoms with van der Waals surface area (Å²) < 4.78 is 6.25. The van der Waals surface area contributed by atoms with Crippen LogP contribution in [0.2, 0.25) is 0 Å². The van der Waals surface area contributed by atoms with Crippen molar-refractivity contribution in [2.75, 3.05) is 14.1 Å². The van der Waals surface area contributed by atoms with E-state index < -0.39 is 0 Å². The molecule has 0 aromatic rings. The van der Waals surface area contributed by atoms with Crippen LogP contribution in [-0.2, 0) is 9.53 Å². The molecule has 0 amide bonds. The van der Waals surface area contributed by atoms with Crippen LogP contribution in [-0.4, -0.2) is 37.1 Å². The van der Waals surface area contributed by atoms with Crippen LogP contribution in [0.1, 0.15) is 187 Å². The first-order valence-electron chi connectivity index (χ1n) is 20.7. The van der Waals surface area contributed by atoms with Gasteiger partial charge in [-0.1, -0.05) is 132 Å². The SMILES string of the molecule is CC/C=C\C/C=C\C/C=C\CCCCCCCCC(CCCCCCC/C=C/C/C=C\CCCCC)OC(=O)C1CCC(N(C)C)CC1. The van der Waals surface area contributed by atoms with Crippen LogP contribution in [0.25, 0.3) is 0 Å². The third-order valence-electron chi connectivity index (χ3n) is 9.95. The van der Waals surface area contributed by atoms with E-state index in [-0.39, 0.29) is 18.0 Å². The molecular weight excluding hydrogens is 587 g/mol. The lowest BCUT2D eigenvalue weighted by molar-refractivity contribution is -0.156. The zero-order chi connectivity index (χ0) is 34.8. The Morgan fingerprint density at radius 1 is 0.562 bits per heavy atom. The fourth-order valence-electron chi connectivity index (χ4n) is 6.70. The number of esters is 1. The van der Waals surface area contributed by atoms with E-state index in [0.29, 0.717) is 6.04 Å². The number of carbonyl (C=O) groups is 1. The first-order valence-corrected chi connectivity index (χ1v) is 20.7. The van der Waals surface area contributed by atoms with Crippen LogP contribution in [0.15, 0.2) is 60.8 Å². The molecule has 276 valence electrons. The average molecular weight is 666 g/mol. The molecule has 3 nitrogen and oxygen atoms in total. The van der Waals surface area contributed by atoms with Gasteiger partial charge in [0, 0.05) is 6.04 Å². The highest BCUT2D eigenvalue weighted by Gasteiger charge is 2.29. The molecule has 1 fully saturated rings. The Balaban J connectivity index is 2.25. The van der Waals surface area contributed by atoms with E-state index in [4.69, 9.17) is 4.74 Å². The van der Waals surface area contributed by atoms with Gasteiger partial charge in [-0.05, 0) is 130 Å². The number of hydrogen-bond acceptors (Lipinski definition) is 3. The number of nitrogens with zero attached hydrogens (tertiary/aromatic N) is 1. The van der Waals surface area contributed by atoms with Gasteiger partial charge in [-0.15, -0.1) is 0 Å². The smallest absolute Gasteiger partial charge is 0.309 e. The number of hydrogen-bond donors (Lipinski definition) is 0. The minimum atomic E-state index is 0.0941. The summed E-state index contributed by atoms with van der Waals surface area (Å²) in [5.74, 6) is 0.206. The van der Waals surface area contributed by atoms with Crippen molar-refractivity contribution in [2.45, 2.75) is 199 Å². The molecule has 1 unspecified atom stereocenters. The third kappa shape index (κ3) is 27.0. The van der Waals surface area contributed by atoms with Crippen molar-refractivity contribution >= 4 is 5.97 Å².